The molecule has 1 aliphatic heterocycles. The van der Waals surface area contributed by atoms with Gasteiger partial charge >= 0.3 is 0 Å². The molecule has 36 heavy (non-hydrogen) atoms. The average molecular weight is 498 g/mol. The molecule has 3 aromatic rings. The molecule has 5 nitrogen and oxygen atoms in total. The number of halogens is 1. The summed E-state index contributed by atoms with van der Waals surface area (Å²) in [6.45, 7) is 0. The zero-order valence-corrected chi connectivity index (χ0v) is 20.6. The van der Waals surface area contributed by atoms with Crippen molar-refractivity contribution in [2.24, 2.45) is 23.7 Å². The molecule has 6 heteroatoms. The van der Waals surface area contributed by atoms with Gasteiger partial charge in [0.1, 0.15) is 11.5 Å². The van der Waals surface area contributed by atoms with Crippen molar-refractivity contribution in [3.05, 3.63) is 107 Å². The summed E-state index contributed by atoms with van der Waals surface area (Å²) >= 11 is 6.03. The number of rotatable bonds is 5. The van der Waals surface area contributed by atoms with Crippen molar-refractivity contribution < 1.29 is 19.1 Å². The van der Waals surface area contributed by atoms with Gasteiger partial charge in [0, 0.05) is 16.9 Å². The quantitative estimate of drug-likeness (QED) is 0.331. The number of anilines is 1. The van der Waals surface area contributed by atoms with Crippen LogP contribution in [-0.4, -0.2) is 26.0 Å². The SMILES string of the molecule is COc1ccc(C(=C2[C@H]3C=C[C@H]2[C@@H]2C(=O)N(c4ccc(Cl)cc4)C(=O)[C@H]23)c2ccc(OC)cc2)cc1. The number of ether oxygens (including phenoxy) is 2. The fourth-order valence-electron chi connectivity index (χ4n) is 5.96. The lowest BCUT2D eigenvalue weighted by Crippen LogP contribution is -2.33. The van der Waals surface area contributed by atoms with E-state index in [9.17, 15) is 9.59 Å². The summed E-state index contributed by atoms with van der Waals surface area (Å²) in [6.07, 6.45) is 4.20. The van der Waals surface area contributed by atoms with E-state index in [0.717, 1.165) is 33.8 Å². The summed E-state index contributed by atoms with van der Waals surface area (Å²) in [4.78, 5) is 28.7. The van der Waals surface area contributed by atoms with Gasteiger partial charge in [0.05, 0.1) is 31.7 Å². The van der Waals surface area contributed by atoms with Crippen LogP contribution in [0.2, 0.25) is 5.02 Å². The molecule has 180 valence electrons. The molecule has 0 spiro atoms. The van der Waals surface area contributed by atoms with Gasteiger partial charge in [0.15, 0.2) is 0 Å². The minimum absolute atomic E-state index is 0.145. The van der Waals surface area contributed by atoms with Crippen molar-refractivity contribution in [2.45, 2.75) is 0 Å². The van der Waals surface area contributed by atoms with Gasteiger partial charge in [-0.1, -0.05) is 48.0 Å². The topological polar surface area (TPSA) is 55.8 Å². The number of amides is 2. The summed E-state index contributed by atoms with van der Waals surface area (Å²) in [5.74, 6) is 0.128. The number of carbonyl (C=O) groups is 2. The fourth-order valence-corrected chi connectivity index (χ4v) is 6.08. The highest BCUT2D eigenvalue weighted by molar-refractivity contribution is 6.31. The summed E-state index contributed by atoms with van der Waals surface area (Å²) in [7, 11) is 3.29. The highest BCUT2D eigenvalue weighted by Gasteiger charge is 2.62. The van der Waals surface area contributed by atoms with Crippen LogP contribution >= 0.6 is 11.6 Å². The lowest BCUT2D eigenvalue weighted by Gasteiger charge is -2.22. The largest absolute Gasteiger partial charge is 0.497 e. The van der Waals surface area contributed by atoms with E-state index in [1.165, 1.54) is 4.90 Å². The number of hydrogen-bond acceptors (Lipinski definition) is 4. The van der Waals surface area contributed by atoms with Gasteiger partial charge in [-0.05, 0) is 70.8 Å². The lowest BCUT2D eigenvalue weighted by molar-refractivity contribution is -0.122. The van der Waals surface area contributed by atoms with Crippen molar-refractivity contribution in [1.82, 2.24) is 0 Å². The Morgan fingerprint density at radius 1 is 0.694 bits per heavy atom. The Morgan fingerprint density at radius 2 is 1.14 bits per heavy atom. The van der Waals surface area contributed by atoms with E-state index in [1.807, 2.05) is 48.5 Å². The molecule has 4 atom stereocenters. The van der Waals surface area contributed by atoms with Gasteiger partial charge in [-0.25, -0.2) is 4.90 Å². The van der Waals surface area contributed by atoms with Crippen LogP contribution in [0.25, 0.3) is 5.57 Å². The minimum atomic E-state index is -0.412. The van der Waals surface area contributed by atoms with Crippen molar-refractivity contribution in [3.63, 3.8) is 0 Å². The smallest absolute Gasteiger partial charge is 0.238 e. The monoisotopic (exact) mass is 497 g/mol. The molecule has 0 aromatic heterocycles. The summed E-state index contributed by atoms with van der Waals surface area (Å²) < 4.78 is 10.7. The zero-order chi connectivity index (χ0) is 25.0. The maximum Gasteiger partial charge on any atom is 0.238 e. The summed E-state index contributed by atoms with van der Waals surface area (Å²) in [6, 6.07) is 22.7. The Bertz CT molecular complexity index is 1320. The number of benzene rings is 3. The number of allylic oxidation sites excluding steroid dienone is 3. The van der Waals surface area contributed by atoms with E-state index in [-0.39, 0.29) is 23.7 Å². The van der Waals surface area contributed by atoms with Crippen LogP contribution in [0.1, 0.15) is 11.1 Å². The molecule has 1 saturated carbocycles. The van der Waals surface area contributed by atoms with Gasteiger partial charge in [0.2, 0.25) is 11.8 Å². The molecule has 3 aromatic carbocycles. The number of fused-ring (bicyclic) bond motifs is 5. The molecule has 2 amide bonds. The Balaban J connectivity index is 1.47. The second kappa shape index (κ2) is 8.68. The Morgan fingerprint density at radius 3 is 1.56 bits per heavy atom. The Labute approximate surface area is 214 Å². The second-order valence-electron chi connectivity index (χ2n) is 9.26. The van der Waals surface area contributed by atoms with Gasteiger partial charge < -0.3 is 9.47 Å². The number of imide groups is 1. The predicted octanol–water partition coefficient (Wildman–Crippen LogP) is 5.78. The highest BCUT2D eigenvalue weighted by atomic mass is 35.5. The van der Waals surface area contributed by atoms with Crippen LogP contribution < -0.4 is 14.4 Å². The van der Waals surface area contributed by atoms with Crippen molar-refractivity contribution in [2.75, 3.05) is 19.1 Å². The minimum Gasteiger partial charge on any atom is -0.497 e. The number of methoxy groups -OCH3 is 2. The Kier molecular flexibility index (Phi) is 5.45. The van der Waals surface area contributed by atoms with E-state index >= 15 is 0 Å². The summed E-state index contributed by atoms with van der Waals surface area (Å²) in [5, 5.41) is 0.564. The molecule has 0 radical (unpaired) electrons. The standard InChI is InChI=1S/C30H24ClNO4/c1-35-21-11-3-17(4-12-21)25(18-5-13-22(36-2)14-6-18)26-23-15-16-24(26)28-27(23)29(33)32(30(28)34)20-9-7-19(31)8-10-20/h3-16,23-24,27-28H,1-2H3/t23-,24-,27+,28+/m1/s1. The van der Waals surface area contributed by atoms with Gasteiger partial charge in [-0.2, -0.15) is 0 Å². The molecule has 1 heterocycles. The van der Waals surface area contributed by atoms with Crippen LogP contribution in [0.3, 0.4) is 0 Å². The molecule has 2 aliphatic carbocycles. The maximum absolute atomic E-state index is 13.7. The van der Waals surface area contributed by atoms with Crippen LogP contribution in [0.4, 0.5) is 5.69 Å². The predicted molar refractivity (Wildman–Crippen MR) is 139 cm³/mol. The maximum atomic E-state index is 13.7. The molecule has 3 aliphatic rings. The van der Waals surface area contributed by atoms with Gasteiger partial charge in [0.25, 0.3) is 0 Å². The van der Waals surface area contributed by atoms with Gasteiger partial charge in [-0.3, -0.25) is 9.59 Å². The normalized spacial score (nSPS) is 23.9. The first-order chi connectivity index (χ1) is 17.5. The van der Waals surface area contributed by atoms with Gasteiger partial charge in [-0.15, -0.1) is 0 Å². The molecular formula is C30H24ClNO4. The number of nitrogens with zero attached hydrogens (tertiary/aromatic N) is 1. The molecule has 2 fully saturated rings. The van der Waals surface area contributed by atoms with Crippen LogP contribution in [0.5, 0.6) is 11.5 Å². The molecule has 0 N–H and O–H groups in total. The van der Waals surface area contributed by atoms with E-state index in [0.29, 0.717) is 10.7 Å². The van der Waals surface area contributed by atoms with E-state index in [2.05, 4.69) is 12.2 Å². The first-order valence-electron chi connectivity index (χ1n) is 11.9. The van der Waals surface area contributed by atoms with E-state index in [4.69, 9.17) is 21.1 Å². The zero-order valence-electron chi connectivity index (χ0n) is 19.9. The number of hydrogen-bond donors (Lipinski definition) is 0. The van der Waals surface area contributed by atoms with E-state index < -0.39 is 11.8 Å². The lowest BCUT2D eigenvalue weighted by atomic mass is 9.85. The second-order valence-corrected chi connectivity index (χ2v) is 9.70. The molecule has 0 unspecified atom stereocenters. The van der Waals surface area contributed by atoms with Crippen LogP contribution in [-0.2, 0) is 9.59 Å². The third-order valence-electron chi connectivity index (χ3n) is 7.55. The van der Waals surface area contributed by atoms with Crippen molar-refractivity contribution in [3.8, 4) is 11.5 Å². The Hall–Kier alpha value is -3.83. The molecule has 2 bridgehead atoms. The first-order valence-corrected chi connectivity index (χ1v) is 12.2. The average Bonchev–Trinajstić information content (AvgIpc) is 3.55. The molecule has 1 saturated heterocycles. The number of carbonyl (C=O) groups excluding carboxylic acids is 2. The molecule has 6 rings (SSSR count). The third kappa shape index (κ3) is 3.38. The van der Waals surface area contributed by atoms with Crippen LogP contribution in [0, 0.1) is 23.7 Å². The highest BCUT2D eigenvalue weighted by Crippen LogP contribution is 2.59. The van der Waals surface area contributed by atoms with E-state index in [1.54, 1.807) is 38.5 Å². The van der Waals surface area contributed by atoms with Crippen LogP contribution in [0.15, 0.2) is 90.5 Å². The van der Waals surface area contributed by atoms with Crippen molar-refractivity contribution in [1.29, 1.82) is 0 Å². The molecular weight excluding hydrogens is 474 g/mol. The fraction of sp³-hybridized carbons (Fsp3) is 0.200. The third-order valence-corrected chi connectivity index (χ3v) is 7.80. The van der Waals surface area contributed by atoms with Crippen molar-refractivity contribution >= 4 is 34.7 Å². The summed E-state index contributed by atoms with van der Waals surface area (Å²) in [5.41, 5.74) is 4.78. The first kappa shape index (κ1) is 22.6.